The van der Waals surface area contributed by atoms with Gasteiger partial charge in [-0.25, -0.2) is 0 Å². The second kappa shape index (κ2) is 20.8. The fourth-order valence-corrected chi connectivity index (χ4v) is 2.71. The van der Waals surface area contributed by atoms with Gasteiger partial charge in [0, 0.05) is 13.1 Å². The lowest BCUT2D eigenvalue weighted by molar-refractivity contribution is -0.132. The molecule has 0 aromatic rings. The average molecular weight is 521 g/mol. The molecule has 1 aliphatic heterocycles. The molecule has 14 nitrogen and oxygen atoms in total. The molecule has 0 bridgehead atoms. The van der Waals surface area contributed by atoms with Crippen LogP contribution in [0.15, 0.2) is 0 Å². The first-order valence-electron chi connectivity index (χ1n) is 12.0. The lowest BCUT2D eigenvalue weighted by atomic mass is 10.3. The Morgan fingerprint density at radius 2 is 0.806 bits per heavy atom. The summed E-state index contributed by atoms with van der Waals surface area (Å²) >= 11 is 0. The van der Waals surface area contributed by atoms with Gasteiger partial charge in [0.2, 0.25) is 23.6 Å². The van der Waals surface area contributed by atoms with Gasteiger partial charge in [-0.1, -0.05) is 0 Å². The Hall–Kier alpha value is -2.36. The van der Waals surface area contributed by atoms with E-state index < -0.39 is 23.9 Å². The highest BCUT2D eigenvalue weighted by Crippen LogP contribution is 1.88. The summed E-state index contributed by atoms with van der Waals surface area (Å²) in [7, 11) is 0. The van der Waals surface area contributed by atoms with E-state index in [0.717, 1.165) is 0 Å². The van der Waals surface area contributed by atoms with E-state index in [0.29, 0.717) is 52.7 Å². The summed E-state index contributed by atoms with van der Waals surface area (Å²) in [6, 6.07) is -1.43. The highest BCUT2D eigenvalue weighted by atomic mass is 16.5. The third-order valence-electron chi connectivity index (χ3n) is 4.59. The van der Waals surface area contributed by atoms with Gasteiger partial charge >= 0.3 is 0 Å². The molecule has 4 N–H and O–H groups in total. The summed E-state index contributed by atoms with van der Waals surface area (Å²) in [5, 5.41) is 10.4. The van der Waals surface area contributed by atoms with E-state index >= 15 is 0 Å². The Bertz CT molecular complexity index is 600. The Morgan fingerprint density at radius 3 is 1.17 bits per heavy atom. The van der Waals surface area contributed by atoms with E-state index in [4.69, 9.17) is 28.4 Å². The Balaban J connectivity index is 2.35. The van der Waals surface area contributed by atoms with E-state index in [1.807, 2.05) is 0 Å². The quantitative estimate of drug-likeness (QED) is 0.264. The SMILES string of the molecule is C[C@@H]1NC(=O)COCCOCCOCC(=O)N[C@@H](C)C(=O)NCCOCCOCCOCCNC1=O. The van der Waals surface area contributed by atoms with Gasteiger partial charge in [0.15, 0.2) is 0 Å². The second-order valence-electron chi connectivity index (χ2n) is 7.72. The summed E-state index contributed by atoms with van der Waals surface area (Å²) < 4.78 is 31.9. The normalized spacial score (nSPS) is 25.5. The number of nitrogens with one attached hydrogen (secondary N) is 4. The third-order valence-corrected chi connectivity index (χ3v) is 4.59. The number of hydrogen-bond donors (Lipinski definition) is 4. The highest BCUT2D eigenvalue weighted by Gasteiger charge is 2.16. The molecule has 2 atom stereocenters. The first-order valence-corrected chi connectivity index (χ1v) is 12.0. The molecule has 1 fully saturated rings. The van der Waals surface area contributed by atoms with Crippen molar-refractivity contribution in [2.24, 2.45) is 0 Å². The van der Waals surface area contributed by atoms with E-state index in [-0.39, 0.29) is 51.5 Å². The molecule has 14 heteroatoms. The third kappa shape index (κ3) is 17.1. The molecular formula is C22H40N4O10. The van der Waals surface area contributed by atoms with Gasteiger partial charge in [0.05, 0.1) is 66.1 Å². The monoisotopic (exact) mass is 520 g/mol. The van der Waals surface area contributed by atoms with Gasteiger partial charge in [0.1, 0.15) is 25.3 Å². The summed E-state index contributed by atoms with van der Waals surface area (Å²) in [6.45, 7) is 6.18. The molecule has 0 saturated carbocycles. The second-order valence-corrected chi connectivity index (χ2v) is 7.72. The standard InChI is InChI=1S/C22H40N4O10/c1-17-21(29)23-3-5-31-7-9-33-10-8-32-6-4-24-22(30)18(2)26-20(28)16-36-14-12-34-11-13-35-15-19(27)25-17/h17-18H,3-16H2,1-2H3,(H,23,29)(H,24,30)(H,25,27)(H,26,28)/t17-,18-/m0/s1. The van der Waals surface area contributed by atoms with Crippen LogP contribution < -0.4 is 21.3 Å². The van der Waals surface area contributed by atoms with Crippen molar-refractivity contribution in [3.05, 3.63) is 0 Å². The van der Waals surface area contributed by atoms with Gasteiger partial charge in [0.25, 0.3) is 0 Å². The van der Waals surface area contributed by atoms with Crippen LogP contribution in [0.2, 0.25) is 0 Å². The zero-order chi connectivity index (χ0) is 26.4. The minimum Gasteiger partial charge on any atom is -0.377 e. The van der Waals surface area contributed by atoms with Crippen LogP contribution in [0.5, 0.6) is 0 Å². The number of carbonyl (C=O) groups is 4. The van der Waals surface area contributed by atoms with Crippen LogP contribution in [0.1, 0.15) is 13.8 Å². The van der Waals surface area contributed by atoms with Crippen molar-refractivity contribution in [2.45, 2.75) is 25.9 Å². The number of amides is 4. The van der Waals surface area contributed by atoms with Gasteiger partial charge in [-0.05, 0) is 13.8 Å². The van der Waals surface area contributed by atoms with Gasteiger partial charge in [-0.15, -0.1) is 0 Å². The first-order chi connectivity index (χ1) is 17.4. The van der Waals surface area contributed by atoms with Crippen molar-refractivity contribution in [1.29, 1.82) is 0 Å². The molecule has 0 unspecified atom stereocenters. The molecule has 0 aliphatic carbocycles. The molecule has 1 rings (SSSR count). The molecular weight excluding hydrogens is 480 g/mol. The molecule has 4 amide bonds. The van der Waals surface area contributed by atoms with Gasteiger partial charge < -0.3 is 49.7 Å². The molecule has 1 saturated heterocycles. The largest absolute Gasteiger partial charge is 0.377 e. The van der Waals surface area contributed by atoms with Crippen LogP contribution in [0.3, 0.4) is 0 Å². The van der Waals surface area contributed by atoms with Crippen molar-refractivity contribution in [1.82, 2.24) is 21.3 Å². The van der Waals surface area contributed by atoms with Crippen LogP contribution in [0.4, 0.5) is 0 Å². The van der Waals surface area contributed by atoms with Crippen LogP contribution in [-0.4, -0.2) is 128 Å². The van der Waals surface area contributed by atoms with Crippen LogP contribution in [-0.2, 0) is 47.6 Å². The van der Waals surface area contributed by atoms with Crippen molar-refractivity contribution in [2.75, 3.05) is 92.4 Å². The molecule has 0 aromatic heterocycles. The minimum absolute atomic E-state index is 0.174. The van der Waals surface area contributed by atoms with Crippen molar-refractivity contribution < 1.29 is 47.6 Å². The minimum atomic E-state index is -0.716. The molecule has 1 heterocycles. The average Bonchev–Trinajstić information content (AvgIpc) is 2.84. The topological polar surface area (TPSA) is 172 Å². The predicted molar refractivity (Wildman–Crippen MR) is 126 cm³/mol. The predicted octanol–water partition coefficient (Wildman–Crippen LogP) is -2.66. The lowest BCUT2D eigenvalue weighted by Gasteiger charge is -2.15. The van der Waals surface area contributed by atoms with Crippen molar-refractivity contribution in [3.8, 4) is 0 Å². The molecule has 208 valence electrons. The Morgan fingerprint density at radius 1 is 0.500 bits per heavy atom. The molecule has 0 radical (unpaired) electrons. The van der Waals surface area contributed by atoms with E-state index in [9.17, 15) is 19.2 Å². The first kappa shape index (κ1) is 31.7. The Kier molecular flexibility index (Phi) is 18.3. The maximum absolute atomic E-state index is 12.0. The van der Waals surface area contributed by atoms with E-state index in [1.54, 1.807) is 13.8 Å². The Labute approximate surface area is 211 Å². The zero-order valence-electron chi connectivity index (χ0n) is 21.1. The summed E-state index contributed by atoms with van der Waals surface area (Å²) in [6.07, 6.45) is 0. The molecule has 0 spiro atoms. The fourth-order valence-electron chi connectivity index (χ4n) is 2.71. The van der Waals surface area contributed by atoms with E-state index in [1.165, 1.54) is 0 Å². The smallest absolute Gasteiger partial charge is 0.246 e. The molecule has 1 aliphatic rings. The zero-order valence-corrected chi connectivity index (χ0v) is 21.1. The van der Waals surface area contributed by atoms with Crippen LogP contribution in [0, 0.1) is 0 Å². The summed E-state index contributed by atoms with van der Waals surface area (Å²) in [5.41, 5.74) is 0. The number of carbonyl (C=O) groups excluding carboxylic acids is 4. The number of rotatable bonds is 0. The van der Waals surface area contributed by atoms with Gasteiger partial charge in [-0.3, -0.25) is 19.2 Å². The number of ether oxygens (including phenoxy) is 6. The number of hydrogen-bond acceptors (Lipinski definition) is 10. The highest BCUT2D eigenvalue weighted by molar-refractivity contribution is 5.88. The maximum atomic E-state index is 12.0. The molecule has 0 aromatic carbocycles. The summed E-state index contributed by atoms with van der Waals surface area (Å²) in [4.78, 5) is 47.8. The lowest BCUT2D eigenvalue weighted by Crippen LogP contribution is -2.46. The van der Waals surface area contributed by atoms with E-state index in [2.05, 4.69) is 21.3 Å². The van der Waals surface area contributed by atoms with Gasteiger partial charge in [-0.2, -0.15) is 0 Å². The maximum Gasteiger partial charge on any atom is 0.246 e. The van der Waals surface area contributed by atoms with Crippen molar-refractivity contribution in [3.63, 3.8) is 0 Å². The van der Waals surface area contributed by atoms with Crippen LogP contribution in [0.25, 0.3) is 0 Å². The summed E-state index contributed by atoms with van der Waals surface area (Å²) in [5.74, 6) is -1.51. The fraction of sp³-hybridized carbons (Fsp3) is 0.818. The molecule has 36 heavy (non-hydrogen) atoms. The van der Waals surface area contributed by atoms with Crippen molar-refractivity contribution >= 4 is 23.6 Å². The van der Waals surface area contributed by atoms with Crippen LogP contribution >= 0.6 is 0 Å².